The van der Waals surface area contributed by atoms with Gasteiger partial charge in [-0.3, -0.25) is 19.3 Å². The normalized spacial score (nSPS) is 13.9. The molecule has 1 fully saturated rings. The van der Waals surface area contributed by atoms with Crippen molar-refractivity contribution in [3.8, 4) is 23.0 Å². The number of nitrogens with one attached hydrogen (secondary N) is 1. The molecule has 3 amide bonds. The van der Waals surface area contributed by atoms with E-state index in [2.05, 4.69) is 12.2 Å². The minimum absolute atomic E-state index is 0.0982. The molecule has 208 valence electrons. The Bertz CT molecular complexity index is 1410. The van der Waals surface area contributed by atoms with Crippen molar-refractivity contribution < 1.29 is 33.3 Å². The summed E-state index contributed by atoms with van der Waals surface area (Å²) in [7, 11) is 3.03. The number of benzene rings is 3. The standard InChI is InChI=1S/C30H30N2O7S/c1-4-20-9-12-22(13-10-20)31-28(33)19-39-25-14-11-21(17-26(25)37-3)18-27-29(34)32(30(35)40-27)15-16-38-24-8-6-5-7-23(24)36-2/h5-14,17-18H,4,15-16,19H2,1-3H3,(H,31,33)/b27-18-. The van der Waals surface area contributed by atoms with E-state index in [0.717, 1.165) is 23.1 Å². The van der Waals surface area contributed by atoms with Gasteiger partial charge in [0.1, 0.15) is 6.61 Å². The fourth-order valence-electron chi connectivity index (χ4n) is 3.89. The first-order valence-corrected chi connectivity index (χ1v) is 13.4. The van der Waals surface area contributed by atoms with Gasteiger partial charge in [-0.15, -0.1) is 0 Å². The molecule has 0 bridgehead atoms. The second kappa shape index (κ2) is 13.6. The monoisotopic (exact) mass is 562 g/mol. The van der Waals surface area contributed by atoms with Gasteiger partial charge in [-0.2, -0.15) is 0 Å². The van der Waals surface area contributed by atoms with E-state index in [1.807, 2.05) is 36.4 Å². The maximum atomic E-state index is 12.9. The molecule has 40 heavy (non-hydrogen) atoms. The van der Waals surface area contributed by atoms with Crippen LogP contribution < -0.4 is 24.3 Å². The van der Waals surface area contributed by atoms with Crippen LogP contribution in [0.1, 0.15) is 18.1 Å². The van der Waals surface area contributed by atoms with Crippen molar-refractivity contribution >= 4 is 40.6 Å². The predicted octanol–water partition coefficient (Wildman–Crippen LogP) is 5.40. The number of ether oxygens (including phenoxy) is 4. The number of imide groups is 1. The number of anilines is 1. The van der Waals surface area contributed by atoms with Crippen LogP contribution in [-0.2, 0) is 16.0 Å². The highest BCUT2D eigenvalue weighted by atomic mass is 32.2. The molecule has 0 radical (unpaired) electrons. The fraction of sp³-hybridized carbons (Fsp3) is 0.233. The molecule has 0 atom stereocenters. The molecule has 1 aliphatic heterocycles. The minimum Gasteiger partial charge on any atom is -0.493 e. The van der Waals surface area contributed by atoms with E-state index in [-0.39, 0.29) is 35.8 Å². The zero-order valence-corrected chi connectivity index (χ0v) is 23.3. The minimum atomic E-state index is -0.401. The van der Waals surface area contributed by atoms with E-state index >= 15 is 0 Å². The van der Waals surface area contributed by atoms with Gasteiger partial charge < -0.3 is 24.3 Å². The number of methoxy groups -OCH3 is 2. The molecule has 3 aromatic rings. The fourth-order valence-corrected chi connectivity index (χ4v) is 4.75. The first kappa shape index (κ1) is 28.6. The first-order valence-electron chi connectivity index (χ1n) is 12.6. The van der Waals surface area contributed by atoms with Crippen LogP contribution in [0.5, 0.6) is 23.0 Å². The molecule has 0 unspecified atom stereocenters. The van der Waals surface area contributed by atoms with E-state index in [9.17, 15) is 14.4 Å². The van der Waals surface area contributed by atoms with E-state index < -0.39 is 5.91 Å². The number of hydrogen-bond acceptors (Lipinski definition) is 8. The third-order valence-electron chi connectivity index (χ3n) is 6.01. The highest BCUT2D eigenvalue weighted by Gasteiger charge is 2.35. The van der Waals surface area contributed by atoms with Gasteiger partial charge >= 0.3 is 0 Å². The summed E-state index contributed by atoms with van der Waals surface area (Å²) in [5, 5.41) is 2.42. The van der Waals surface area contributed by atoms with Gasteiger partial charge in [-0.25, -0.2) is 0 Å². The summed E-state index contributed by atoms with van der Waals surface area (Å²) in [5.74, 6) is 1.15. The van der Waals surface area contributed by atoms with Crippen molar-refractivity contribution in [2.24, 2.45) is 0 Å². The van der Waals surface area contributed by atoms with Gasteiger partial charge in [0.2, 0.25) is 0 Å². The van der Waals surface area contributed by atoms with Crippen LogP contribution in [0.2, 0.25) is 0 Å². The van der Waals surface area contributed by atoms with Crippen LogP contribution in [0.4, 0.5) is 10.5 Å². The van der Waals surface area contributed by atoms with Gasteiger partial charge in [-0.1, -0.05) is 37.3 Å². The van der Waals surface area contributed by atoms with Crippen molar-refractivity contribution in [1.82, 2.24) is 4.90 Å². The van der Waals surface area contributed by atoms with Crippen LogP contribution in [0.15, 0.2) is 71.6 Å². The number of nitrogens with zero attached hydrogens (tertiary/aromatic N) is 1. The molecule has 1 saturated heterocycles. The lowest BCUT2D eigenvalue weighted by Gasteiger charge is -2.14. The van der Waals surface area contributed by atoms with Crippen LogP contribution >= 0.6 is 11.8 Å². The number of hydrogen-bond donors (Lipinski definition) is 1. The largest absolute Gasteiger partial charge is 0.493 e. The van der Waals surface area contributed by atoms with Crippen molar-refractivity contribution in [1.29, 1.82) is 0 Å². The molecule has 10 heteroatoms. The smallest absolute Gasteiger partial charge is 0.293 e. The lowest BCUT2D eigenvalue weighted by atomic mass is 10.1. The number of para-hydroxylation sites is 2. The highest BCUT2D eigenvalue weighted by molar-refractivity contribution is 8.18. The van der Waals surface area contributed by atoms with Crippen molar-refractivity contribution in [3.05, 3.63) is 82.8 Å². The molecule has 9 nitrogen and oxygen atoms in total. The topological polar surface area (TPSA) is 103 Å². The lowest BCUT2D eigenvalue weighted by molar-refractivity contribution is -0.123. The third kappa shape index (κ3) is 7.15. The van der Waals surface area contributed by atoms with Crippen molar-refractivity contribution in [3.63, 3.8) is 0 Å². The molecule has 4 rings (SSSR count). The van der Waals surface area contributed by atoms with Crippen molar-refractivity contribution in [2.75, 3.05) is 39.3 Å². The molecule has 0 aromatic heterocycles. The molecule has 1 heterocycles. The van der Waals surface area contributed by atoms with E-state index in [1.54, 1.807) is 43.5 Å². The lowest BCUT2D eigenvalue weighted by Crippen LogP contribution is -2.32. The Morgan fingerprint density at radius 3 is 2.30 bits per heavy atom. The van der Waals surface area contributed by atoms with Gasteiger partial charge in [-0.05, 0) is 71.8 Å². The number of aryl methyl sites for hydroxylation is 1. The van der Waals surface area contributed by atoms with E-state index in [4.69, 9.17) is 18.9 Å². The summed E-state index contributed by atoms with van der Waals surface area (Å²) in [6.07, 6.45) is 2.54. The molecule has 0 spiro atoms. The summed E-state index contributed by atoms with van der Waals surface area (Å²) < 4.78 is 22.1. The van der Waals surface area contributed by atoms with Gasteiger partial charge in [0.25, 0.3) is 17.1 Å². The summed E-state index contributed by atoms with van der Waals surface area (Å²) >= 11 is 0.859. The number of carbonyl (C=O) groups is 3. The SMILES string of the molecule is CCc1ccc(NC(=O)COc2ccc(/C=C3\SC(=O)N(CCOc4ccccc4OC)C3=O)cc2OC)cc1. The Morgan fingerprint density at radius 2 is 1.60 bits per heavy atom. The summed E-state index contributed by atoms with van der Waals surface area (Å²) in [4.78, 5) is 39.2. The Labute approximate surface area is 237 Å². The van der Waals surface area contributed by atoms with E-state index in [0.29, 0.717) is 34.2 Å². The van der Waals surface area contributed by atoms with Gasteiger partial charge in [0, 0.05) is 5.69 Å². The molecular formula is C30H30N2O7S. The Morgan fingerprint density at radius 1 is 0.900 bits per heavy atom. The number of thioether (sulfide) groups is 1. The van der Waals surface area contributed by atoms with Crippen molar-refractivity contribution in [2.45, 2.75) is 13.3 Å². The Kier molecular flexibility index (Phi) is 9.69. The molecule has 0 aliphatic carbocycles. The molecule has 1 N–H and O–H groups in total. The average molecular weight is 563 g/mol. The maximum absolute atomic E-state index is 12.9. The number of amides is 3. The van der Waals surface area contributed by atoms with E-state index in [1.165, 1.54) is 12.7 Å². The molecule has 1 aliphatic rings. The summed E-state index contributed by atoms with van der Waals surface area (Å²) in [6, 6.07) is 19.8. The van der Waals surface area contributed by atoms with Gasteiger partial charge in [0.15, 0.2) is 29.6 Å². The number of carbonyl (C=O) groups excluding carboxylic acids is 3. The maximum Gasteiger partial charge on any atom is 0.293 e. The van der Waals surface area contributed by atoms with Gasteiger partial charge in [0.05, 0.1) is 25.7 Å². The van der Waals surface area contributed by atoms with Crippen LogP contribution in [0.3, 0.4) is 0 Å². The first-order chi connectivity index (χ1) is 19.4. The summed E-state index contributed by atoms with van der Waals surface area (Å²) in [6.45, 7) is 2.09. The molecular weight excluding hydrogens is 532 g/mol. The van der Waals surface area contributed by atoms with Crippen LogP contribution in [0.25, 0.3) is 6.08 Å². The van der Waals surface area contributed by atoms with Crippen LogP contribution in [0, 0.1) is 0 Å². The molecule has 0 saturated carbocycles. The molecule has 3 aromatic carbocycles. The Balaban J connectivity index is 1.34. The second-order valence-electron chi connectivity index (χ2n) is 8.63. The quantitative estimate of drug-likeness (QED) is 0.293. The third-order valence-corrected chi connectivity index (χ3v) is 6.91. The number of rotatable bonds is 12. The predicted molar refractivity (Wildman–Crippen MR) is 154 cm³/mol. The zero-order valence-electron chi connectivity index (χ0n) is 22.5. The zero-order chi connectivity index (χ0) is 28.5. The second-order valence-corrected chi connectivity index (χ2v) is 9.62. The summed E-state index contributed by atoms with van der Waals surface area (Å²) in [5.41, 5.74) is 2.51. The highest BCUT2D eigenvalue weighted by Crippen LogP contribution is 2.35. The van der Waals surface area contributed by atoms with Crippen LogP contribution in [-0.4, -0.2) is 55.9 Å². The Hall–Kier alpha value is -4.44. The average Bonchev–Trinajstić information content (AvgIpc) is 3.24.